The van der Waals surface area contributed by atoms with Crippen LogP contribution in [0.15, 0.2) is 12.0 Å². The van der Waals surface area contributed by atoms with Crippen LogP contribution in [0.5, 0.6) is 0 Å². The van der Waals surface area contributed by atoms with Crippen LogP contribution in [0.3, 0.4) is 0 Å². The summed E-state index contributed by atoms with van der Waals surface area (Å²) >= 11 is 1.60. The van der Waals surface area contributed by atoms with Crippen molar-refractivity contribution in [2.24, 2.45) is 0 Å². The van der Waals surface area contributed by atoms with Gasteiger partial charge in [0, 0.05) is 12.0 Å². The van der Waals surface area contributed by atoms with Crippen LogP contribution in [-0.2, 0) is 13.6 Å². The van der Waals surface area contributed by atoms with Gasteiger partial charge in [-0.1, -0.05) is 41.5 Å². The first kappa shape index (κ1) is 29.3. The van der Waals surface area contributed by atoms with E-state index in [1.54, 1.807) is 16.7 Å². The van der Waals surface area contributed by atoms with E-state index in [4.69, 9.17) is 13.6 Å². The molecule has 2 aliphatic rings. The van der Waals surface area contributed by atoms with Crippen molar-refractivity contribution in [2.75, 3.05) is 31.8 Å². The molecular formula is C23H46F2N2O3SSi2. The van der Waals surface area contributed by atoms with E-state index in [-0.39, 0.29) is 29.1 Å². The van der Waals surface area contributed by atoms with E-state index < -0.39 is 40.7 Å². The summed E-state index contributed by atoms with van der Waals surface area (Å²) in [7, 11) is -4.45. The Kier molecular flexibility index (Phi) is 9.03. The Labute approximate surface area is 206 Å². The van der Waals surface area contributed by atoms with Gasteiger partial charge in [0.1, 0.15) is 17.5 Å². The Morgan fingerprint density at radius 2 is 1.73 bits per heavy atom. The average Bonchev–Trinajstić information content (AvgIpc) is 2.91. The van der Waals surface area contributed by atoms with Gasteiger partial charge in [0.15, 0.2) is 29.0 Å². The molecule has 0 amide bonds. The van der Waals surface area contributed by atoms with Gasteiger partial charge in [-0.15, -0.1) is 0 Å². The van der Waals surface area contributed by atoms with Crippen LogP contribution in [0, 0.1) is 0 Å². The van der Waals surface area contributed by atoms with E-state index in [1.165, 1.54) is 6.20 Å². The molecule has 33 heavy (non-hydrogen) atoms. The number of rotatable bonds is 8. The van der Waals surface area contributed by atoms with Gasteiger partial charge in [-0.05, 0) is 42.5 Å². The minimum Gasteiger partial charge on any atom is -0.414 e. The molecule has 2 aliphatic heterocycles. The molecule has 10 heteroatoms. The molecule has 1 fully saturated rings. The zero-order valence-electron chi connectivity index (χ0n) is 22.5. The molecular weight excluding hydrogens is 478 g/mol. The molecule has 0 spiro atoms. The maximum Gasteiger partial charge on any atom is 0.192 e. The SMILES string of the molecule is CSC[C@]1(CO[Si](C)(C)C(C)(C)C)O[C@@H](N2C=C(F)CNC2)[C@@H](F)[C@@H]1O[Si](C)(C)C(C)(C)C. The van der Waals surface area contributed by atoms with Gasteiger partial charge in [0.25, 0.3) is 0 Å². The molecule has 0 aromatic heterocycles. The molecule has 0 unspecified atom stereocenters. The standard InChI is InChI=1S/C23H46F2N2O3SSi2/c1-21(2,3)32(8,9)28-14-23(15-31-7)19(30-33(10,11)22(4,5)6)18(25)20(29-23)27-13-17(24)12-26-16-27/h13,18-20,26H,12,14-16H2,1-11H3/t18-,19-,20+,23-/m0/s1. The van der Waals surface area contributed by atoms with Gasteiger partial charge in [-0.2, -0.15) is 11.8 Å². The number of alkyl halides is 1. The second-order valence-electron chi connectivity index (χ2n) is 12.5. The number of hydrogen-bond acceptors (Lipinski definition) is 6. The molecule has 1 saturated heterocycles. The second-order valence-corrected chi connectivity index (χ2v) is 22.9. The van der Waals surface area contributed by atoms with Crippen molar-refractivity contribution in [2.45, 2.75) is 102 Å². The molecule has 0 bridgehead atoms. The molecule has 0 radical (unpaired) electrons. The Balaban J connectivity index is 2.47. The maximum absolute atomic E-state index is 16.3. The van der Waals surface area contributed by atoms with Crippen molar-refractivity contribution in [3.8, 4) is 0 Å². The molecule has 2 rings (SSSR count). The van der Waals surface area contributed by atoms with Crippen LogP contribution in [-0.4, -0.2) is 77.5 Å². The lowest BCUT2D eigenvalue weighted by molar-refractivity contribution is -0.124. The number of nitrogens with one attached hydrogen (secondary N) is 1. The molecule has 2 heterocycles. The highest BCUT2D eigenvalue weighted by atomic mass is 32.2. The van der Waals surface area contributed by atoms with Gasteiger partial charge in [-0.25, -0.2) is 8.78 Å². The first-order chi connectivity index (χ1) is 14.9. The summed E-state index contributed by atoms with van der Waals surface area (Å²) < 4.78 is 50.2. The number of nitrogens with zero attached hydrogens (tertiary/aromatic N) is 1. The van der Waals surface area contributed by atoms with Crippen LogP contribution in [0.4, 0.5) is 8.78 Å². The van der Waals surface area contributed by atoms with Crippen molar-refractivity contribution in [3.05, 3.63) is 12.0 Å². The fraction of sp³-hybridized carbons (Fsp3) is 0.913. The molecule has 0 aliphatic carbocycles. The summed E-state index contributed by atoms with van der Waals surface area (Å²) in [4.78, 5) is 1.58. The van der Waals surface area contributed by atoms with E-state index in [1.807, 2.05) is 6.26 Å². The third kappa shape index (κ3) is 6.43. The average molecular weight is 525 g/mol. The van der Waals surface area contributed by atoms with E-state index in [2.05, 4.69) is 73.0 Å². The third-order valence-corrected chi connectivity index (χ3v) is 17.5. The first-order valence-electron chi connectivity index (χ1n) is 11.8. The Morgan fingerprint density at radius 3 is 2.21 bits per heavy atom. The van der Waals surface area contributed by atoms with Crippen LogP contribution in [0.1, 0.15) is 41.5 Å². The molecule has 5 nitrogen and oxygen atoms in total. The zero-order chi connectivity index (χ0) is 25.5. The highest BCUT2D eigenvalue weighted by Crippen LogP contribution is 2.46. The fourth-order valence-electron chi connectivity index (χ4n) is 3.51. The Bertz CT molecular complexity index is 713. The second kappa shape index (κ2) is 10.2. The van der Waals surface area contributed by atoms with Crippen molar-refractivity contribution in [1.29, 1.82) is 0 Å². The fourth-order valence-corrected chi connectivity index (χ4v) is 6.68. The number of thioether (sulfide) groups is 1. The van der Waals surface area contributed by atoms with Crippen LogP contribution in [0.2, 0.25) is 36.3 Å². The normalized spacial score (nSPS) is 30.0. The minimum atomic E-state index is -2.33. The number of hydrogen-bond donors (Lipinski definition) is 1. The lowest BCUT2D eigenvalue weighted by Gasteiger charge is -2.45. The van der Waals surface area contributed by atoms with Crippen LogP contribution in [0.25, 0.3) is 0 Å². The summed E-state index contributed by atoms with van der Waals surface area (Å²) in [5.74, 6) is 0.199. The van der Waals surface area contributed by atoms with Crippen molar-refractivity contribution >= 4 is 28.4 Å². The largest absolute Gasteiger partial charge is 0.414 e. The molecule has 0 aromatic rings. The molecule has 0 aromatic carbocycles. The van der Waals surface area contributed by atoms with Gasteiger partial charge >= 0.3 is 0 Å². The first-order valence-corrected chi connectivity index (χ1v) is 19.0. The van der Waals surface area contributed by atoms with Crippen LogP contribution >= 0.6 is 11.8 Å². The summed E-state index contributed by atoms with van der Waals surface area (Å²) in [5.41, 5.74) is -0.962. The lowest BCUT2D eigenvalue weighted by atomic mass is 9.99. The molecule has 4 atom stereocenters. The summed E-state index contributed by atoms with van der Waals surface area (Å²) in [5, 5.41) is 2.90. The maximum atomic E-state index is 16.3. The zero-order valence-corrected chi connectivity index (χ0v) is 25.3. The summed E-state index contributed by atoms with van der Waals surface area (Å²) in [6.07, 6.45) is 0.190. The Morgan fingerprint density at radius 1 is 1.15 bits per heavy atom. The van der Waals surface area contributed by atoms with E-state index >= 15 is 4.39 Å². The van der Waals surface area contributed by atoms with Gasteiger partial charge < -0.3 is 18.5 Å². The monoisotopic (exact) mass is 524 g/mol. The molecule has 194 valence electrons. The Hall–Kier alpha value is 0.0238. The number of halogens is 2. The van der Waals surface area contributed by atoms with Crippen molar-refractivity contribution in [3.63, 3.8) is 0 Å². The molecule has 0 saturated carbocycles. The van der Waals surface area contributed by atoms with Crippen molar-refractivity contribution in [1.82, 2.24) is 10.2 Å². The highest BCUT2D eigenvalue weighted by molar-refractivity contribution is 7.98. The van der Waals surface area contributed by atoms with Gasteiger partial charge in [-0.3, -0.25) is 5.32 Å². The van der Waals surface area contributed by atoms with E-state index in [0.717, 1.165) is 0 Å². The van der Waals surface area contributed by atoms with E-state index in [9.17, 15) is 4.39 Å². The smallest absolute Gasteiger partial charge is 0.192 e. The van der Waals surface area contributed by atoms with Crippen molar-refractivity contribution < 1.29 is 22.4 Å². The summed E-state index contributed by atoms with van der Waals surface area (Å²) in [6, 6.07) is 0. The van der Waals surface area contributed by atoms with Crippen LogP contribution < -0.4 is 5.32 Å². The van der Waals surface area contributed by atoms with Gasteiger partial charge in [0.2, 0.25) is 0 Å². The predicted molar refractivity (Wildman–Crippen MR) is 140 cm³/mol. The lowest BCUT2D eigenvalue weighted by Crippen LogP contribution is -2.57. The minimum absolute atomic E-state index is 0.0130. The predicted octanol–water partition coefficient (Wildman–Crippen LogP) is 5.87. The highest BCUT2D eigenvalue weighted by Gasteiger charge is 2.60. The molecule has 1 N–H and O–H groups in total. The van der Waals surface area contributed by atoms with E-state index in [0.29, 0.717) is 12.4 Å². The number of ether oxygens (including phenoxy) is 1. The summed E-state index contributed by atoms with van der Waals surface area (Å²) in [6.45, 7) is 22.4. The topological polar surface area (TPSA) is 43.0 Å². The third-order valence-electron chi connectivity index (χ3n) is 7.76. The quantitative estimate of drug-likeness (QED) is 0.401. The van der Waals surface area contributed by atoms with Gasteiger partial charge in [0.05, 0.1) is 19.8 Å².